The maximum absolute atomic E-state index is 13.3. The van der Waals surface area contributed by atoms with Gasteiger partial charge in [0.2, 0.25) is 11.9 Å². The second-order valence-corrected chi connectivity index (χ2v) is 8.53. The summed E-state index contributed by atoms with van der Waals surface area (Å²) < 4.78 is 5.56. The topological polar surface area (TPSA) is 130 Å². The number of fused-ring (bicyclic) bond motifs is 2. The molecule has 0 atom stereocenters. The SMILES string of the molecule is Nc1nc(N)nc(COC(=O)c2c3c(nc4ccccc24)/C(=C\c2ccc(Cl)c(Cl)c2)CC3)n1. The monoisotopic (exact) mass is 492 g/mol. The number of allylic oxidation sites excluding steroid dienone is 1. The lowest BCUT2D eigenvalue weighted by Gasteiger charge is -2.12. The van der Waals surface area contributed by atoms with Gasteiger partial charge in [0, 0.05) is 5.39 Å². The number of hydrogen-bond acceptors (Lipinski definition) is 8. The van der Waals surface area contributed by atoms with Crippen LogP contribution in [0.15, 0.2) is 42.5 Å². The van der Waals surface area contributed by atoms with Crippen LogP contribution in [0.25, 0.3) is 22.6 Å². The molecule has 0 amide bonds. The molecule has 0 aliphatic heterocycles. The minimum Gasteiger partial charge on any atom is -0.454 e. The third-order valence-corrected chi connectivity index (χ3v) is 6.22. The van der Waals surface area contributed by atoms with Gasteiger partial charge in [-0.2, -0.15) is 15.0 Å². The Hall–Kier alpha value is -3.75. The van der Waals surface area contributed by atoms with Crippen molar-refractivity contribution in [3.05, 3.63) is 80.7 Å². The summed E-state index contributed by atoms with van der Waals surface area (Å²) in [5.74, 6) is -0.395. The van der Waals surface area contributed by atoms with E-state index >= 15 is 0 Å². The Morgan fingerprint density at radius 2 is 1.74 bits per heavy atom. The fourth-order valence-corrected chi connectivity index (χ4v) is 4.35. The molecule has 2 heterocycles. The number of nitrogen functional groups attached to an aromatic ring is 2. The van der Waals surface area contributed by atoms with E-state index in [4.69, 9.17) is 44.4 Å². The van der Waals surface area contributed by atoms with Gasteiger partial charge in [-0.15, -0.1) is 0 Å². The number of carbonyl (C=O) groups is 1. The minimum absolute atomic E-state index is 0.0362. The number of anilines is 2. The predicted octanol–water partition coefficient (Wildman–Crippen LogP) is 4.73. The summed E-state index contributed by atoms with van der Waals surface area (Å²) in [6, 6.07) is 12.9. The van der Waals surface area contributed by atoms with Crippen molar-refractivity contribution < 1.29 is 9.53 Å². The lowest BCUT2D eigenvalue weighted by Crippen LogP contribution is -2.13. The number of esters is 1. The zero-order chi connectivity index (χ0) is 23.8. The van der Waals surface area contributed by atoms with Crippen molar-refractivity contribution in [3.63, 3.8) is 0 Å². The first kappa shape index (κ1) is 22.1. The summed E-state index contributed by atoms with van der Waals surface area (Å²) in [6.45, 7) is -0.187. The van der Waals surface area contributed by atoms with Crippen LogP contribution in [0.4, 0.5) is 11.9 Å². The number of pyridine rings is 1. The number of rotatable bonds is 4. The maximum atomic E-state index is 13.3. The van der Waals surface area contributed by atoms with Crippen LogP contribution in [0, 0.1) is 0 Å². The van der Waals surface area contributed by atoms with E-state index in [0.29, 0.717) is 27.5 Å². The van der Waals surface area contributed by atoms with Crippen molar-refractivity contribution in [1.29, 1.82) is 0 Å². The summed E-state index contributed by atoms with van der Waals surface area (Å²) in [4.78, 5) is 29.8. The lowest BCUT2D eigenvalue weighted by atomic mass is 10.0. The Morgan fingerprint density at radius 3 is 2.50 bits per heavy atom. The van der Waals surface area contributed by atoms with E-state index in [1.54, 1.807) is 12.1 Å². The lowest BCUT2D eigenvalue weighted by molar-refractivity contribution is 0.0463. The first-order chi connectivity index (χ1) is 16.4. The fraction of sp³-hybridized carbons (Fsp3) is 0.125. The summed E-state index contributed by atoms with van der Waals surface area (Å²) >= 11 is 12.2. The highest BCUT2D eigenvalue weighted by atomic mass is 35.5. The minimum atomic E-state index is -0.497. The van der Waals surface area contributed by atoms with Gasteiger partial charge in [0.15, 0.2) is 12.4 Å². The molecule has 10 heteroatoms. The van der Waals surface area contributed by atoms with Crippen molar-refractivity contribution in [3.8, 4) is 0 Å². The Balaban J connectivity index is 1.54. The van der Waals surface area contributed by atoms with Crippen LogP contribution < -0.4 is 11.5 Å². The zero-order valence-electron chi connectivity index (χ0n) is 17.8. The predicted molar refractivity (Wildman–Crippen MR) is 132 cm³/mol. The molecular formula is C24H18Cl2N6O2. The summed E-state index contributed by atoms with van der Waals surface area (Å²) in [5.41, 5.74) is 15.9. The quantitative estimate of drug-likeness (QED) is 0.390. The third kappa shape index (κ3) is 4.25. The number of ether oxygens (including phenoxy) is 1. The molecule has 34 heavy (non-hydrogen) atoms. The maximum Gasteiger partial charge on any atom is 0.339 e. The Kier molecular flexibility index (Phi) is 5.77. The number of carbonyl (C=O) groups excluding carboxylic acids is 1. The third-order valence-electron chi connectivity index (χ3n) is 5.48. The van der Waals surface area contributed by atoms with Gasteiger partial charge < -0.3 is 16.2 Å². The molecule has 4 N–H and O–H groups in total. The molecule has 0 saturated heterocycles. The van der Waals surface area contributed by atoms with E-state index < -0.39 is 5.97 Å². The molecule has 5 rings (SSSR count). The van der Waals surface area contributed by atoms with Gasteiger partial charge in [0.25, 0.3) is 0 Å². The number of para-hydroxylation sites is 1. The molecule has 1 aliphatic carbocycles. The van der Waals surface area contributed by atoms with Gasteiger partial charge in [-0.05, 0) is 53.8 Å². The molecule has 0 saturated carbocycles. The molecular weight excluding hydrogens is 475 g/mol. The van der Waals surface area contributed by atoms with Gasteiger partial charge in [-0.25, -0.2) is 9.78 Å². The molecule has 2 aromatic heterocycles. The molecule has 4 aromatic rings. The molecule has 170 valence electrons. The number of nitrogens with zero attached hydrogens (tertiary/aromatic N) is 4. The standard InChI is InChI=1S/C24H18Cl2N6O2/c25-16-8-5-12(10-17(16)26)9-13-6-7-15-20(14-3-1-2-4-18(14)29-21(13)15)22(33)34-11-19-30-23(27)32-24(28)31-19/h1-5,8-10H,6-7,11H2,(H4,27,28,30,31,32)/b13-9-. The second kappa shape index (κ2) is 8.89. The average molecular weight is 493 g/mol. The first-order valence-electron chi connectivity index (χ1n) is 10.4. The number of aromatic nitrogens is 4. The summed E-state index contributed by atoms with van der Waals surface area (Å²) in [6.07, 6.45) is 3.39. The molecule has 0 unspecified atom stereocenters. The summed E-state index contributed by atoms with van der Waals surface area (Å²) in [5, 5.41) is 1.69. The fourth-order valence-electron chi connectivity index (χ4n) is 4.04. The van der Waals surface area contributed by atoms with E-state index in [-0.39, 0.29) is 24.3 Å². The molecule has 0 bridgehead atoms. The number of benzene rings is 2. The van der Waals surface area contributed by atoms with Gasteiger partial charge >= 0.3 is 5.97 Å². The van der Waals surface area contributed by atoms with Crippen LogP contribution in [-0.4, -0.2) is 25.9 Å². The first-order valence-corrected chi connectivity index (χ1v) is 11.2. The van der Waals surface area contributed by atoms with E-state index in [2.05, 4.69) is 15.0 Å². The summed E-state index contributed by atoms with van der Waals surface area (Å²) in [7, 11) is 0. The van der Waals surface area contributed by atoms with Crippen molar-refractivity contribution in [2.45, 2.75) is 19.4 Å². The molecule has 2 aromatic carbocycles. The smallest absolute Gasteiger partial charge is 0.339 e. The Morgan fingerprint density at radius 1 is 0.971 bits per heavy atom. The highest BCUT2D eigenvalue weighted by Gasteiger charge is 2.28. The van der Waals surface area contributed by atoms with E-state index in [1.807, 2.05) is 36.4 Å². The molecule has 8 nitrogen and oxygen atoms in total. The van der Waals surface area contributed by atoms with Crippen LogP contribution in [0.1, 0.15) is 39.4 Å². The zero-order valence-corrected chi connectivity index (χ0v) is 19.3. The molecule has 0 radical (unpaired) electrons. The van der Waals surface area contributed by atoms with Crippen molar-refractivity contribution in [2.24, 2.45) is 0 Å². The van der Waals surface area contributed by atoms with Crippen LogP contribution in [-0.2, 0) is 17.8 Å². The van der Waals surface area contributed by atoms with Gasteiger partial charge in [0.05, 0.1) is 26.8 Å². The molecule has 0 fully saturated rings. The Labute approximate surface area is 204 Å². The molecule has 0 spiro atoms. The van der Waals surface area contributed by atoms with Crippen LogP contribution >= 0.6 is 23.2 Å². The van der Waals surface area contributed by atoms with E-state index in [0.717, 1.165) is 34.2 Å². The largest absolute Gasteiger partial charge is 0.454 e. The van der Waals surface area contributed by atoms with Crippen molar-refractivity contribution >= 4 is 63.6 Å². The normalized spacial score (nSPS) is 13.9. The van der Waals surface area contributed by atoms with Gasteiger partial charge in [-0.1, -0.05) is 47.5 Å². The highest BCUT2D eigenvalue weighted by molar-refractivity contribution is 6.42. The Bertz CT molecular complexity index is 1470. The molecule has 1 aliphatic rings. The number of halogens is 2. The van der Waals surface area contributed by atoms with Gasteiger partial charge in [0.1, 0.15) is 0 Å². The average Bonchev–Trinajstić information content (AvgIpc) is 3.19. The second-order valence-electron chi connectivity index (χ2n) is 7.72. The van der Waals surface area contributed by atoms with Gasteiger partial charge in [-0.3, -0.25) is 0 Å². The number of hydrogen-bond donors (Lipinski definition) is 2. The number of nitrogens with two attached hydrogens (primary N) is 2. The van der Waals surface area contributed by atoms with E-state index in [9.17, 15) is 4.79 Å². The van der Waals surface area contributed by atoms with Crippen molar-refractivity contribution in [2.75, 3.05) is 11.5 Å². The van der Waals surface area contributed by atoms with Crippen LogP contribution in [0.3, 0.4) is 0 Å². The van der Waals surface area contributed by atoms with Crippen molar-refractivity contribution in [1.82, 2.24) is 19.9 Å². The highest BCUT2D eigenvalue weighted by Crippen LogP contribution is 2.38. The van der Waals surface area contributed by atoms with Crippen LogP contribution in [0.2, 0.25) is 10.0 Å². The van der Waals surface area contributed by atoms with Crippen LogP contribution in [0.5, 0.6) is 0 Å². The van der Waals surface area contributed by atoms with E-state index in [1.165, 1.54) is 0 Å².